The number of aryl methyl sites for hydroxylation is 2. The second-order valence-corrected chi connectivity index (χ2v) is 9.15. The van der Waals surface area contributed by atoms with Gasteiger partial charge >= 0.3 is 12.1 Å². The number of hydrogen-bond donors (Lipinski definition) is 3. The topological polar surface area (TPSA) is 144 Å². The lowest BCUT2D eigenvalue weighted by Gasteiger charge is -2.27. The Hall–Kier alpha value is -4.21. The van der Waals surface area contributed by atoms with Crippen molar-refractivity contribution in [2.45, 2.75) is 52.7 Å². The maximum atomic E-state index is 12.9. The summed E-state index contributed by atoms with van der Waals surface area (Å²) in [7, 11) is 0. The van der Waals surface area contributed by atoms with Gasteiger partial charge < -0.3 is 25.0 Å². The third-order valence-electron chi connectivity index (χ3n) is 6.60. The minimum atomic E-state index is -0.934. The molecular weight excluding hydrogens is 476 g/mol. The molecule has 2 amide bonds. The lowest BCUT2D eigenvalue weighted by molar-refractivity contribution is -0.147. The van der Waals surface area contributed by atoms with E-state index in [1.807, 2.05) is 30.3 Å². The number of carbonyl (C=O) groups excluding carboxylic acids is 2. The summed E-state index contributed by atoms with van der Waals surface area (Å²) in [6.07, 6.45) is 2.13. The Morgan fingerprint density at radius 1 is 1.03 bits per heavy atom. The zero-order valence-electron chi connectivity index (χ0n) is 20.8. The van der Waals surface area contributed by atoms with E-state index in [9.17, 15) is 19.5 Å². The first kappa shape index (κ1) is 25.9. The van der Waals surface area contributed by atoms with Crippen molar-refractivity contribution >= 4 is 23.7 Å². The van der Waals surface area contributed by atoms with Crippen molar-refractivity contribution in [1.82, 2.24) is 15.5 Å². The van der Waals surface area contributed by atoms with E-state index in [-0.39, 0.29) is 19.1 Å². The number of anilines is 1. The predicted molar refractivity (Wildman–Crippen MR) is 134 cm³/mol. The van der Waals surface area contributed by atoms with Crippen LogP contribution in [0.15, 0.2) is 47.0 Å². The molecule has 1 saturated carbocycles. The molecule has 4 rings (SSSR count). The third-order valence-corrected chi connectivity index (χ3v) is 6.60. The van der Waals surface area contributed by atoms with Crippen molar-refractivity contribution in [3.8, 4) is 11.5 Å². The van der Waals surface area contributed by atoms with E-state index in [2.05, 4.69) is 20.8 Å². The number of alkyl carbamates (subject to hydrolysis) is 1. The van der Waals surface area contributed by atoms with Gasteiger partial charge in [0, 0.05) is 5.56 Å². The van der Waals surface area contributed by atoms with Crippen molar-refractivity contribution in [2.24, 2.45) is 11.8 Å². The molecular formula is C27H30N4O6. The first-order chi connectivity index (χ1) is 17.8. The predicted octanol–water partition coefficient (Wildman–Crippen LogP) is 4.61. The van der Waals surface area contributed by atoms with Gasteiger partial charge in [-0.1, -0.05) is 48.3 Å². The summed E-state index contributed by atoms with van der Waals surface area (Å²) in [6, 6.07) is 12.8. The Kier molecular flexibility index (Phi) is 8.17. The van der Waals surface area contributed by atoms with Crippen LogP contribution in [0.5, 0.6) is 0 Å². The van der Waals surface area contributed by atoms with E-state index in [0.717, 1.165) is 18.4 Å². The van der Waals surface area contributed by atoms with Crippen molar-refractivity contribution in [3.05, 3.63) is 65.0 Å². The molecule has 37 heavy (non-hydrogen) atoms. The van der Waals surface area contributed by atoms with Crippen molar-refractivity contribution in [3.63, 3.8) is 0 Å². The number of amides is 2. The van der Waals surface area contributed by atoms with E-state index in [1.165, 1.54) is 0 Å². The highest BCUT2D eigenvalue weighted by molar-refractivity contribution is 5.95. The number of aromatic nitrogens is 2. The number of benzene rings is 1. The zero-order valence-corrected chi connectivity index (χ0v) is 20.8. The van der Waals surface area contributed by atoms with Crippen LogP contribution < -0.4 is 10.6 Å². The van der Waals surface area contributed by atoms with E-state index in [1.54, 1.807) is 26.0 Å². The third kappa shape index (κ3) is 6.32. The number of carboxylic acids is 1. The molecule has 1 aliphatic rings. The number of nitrogens with one attached hydrogen (secondary N) is 2. The van der Waals surface area contributed by atoms with E-state index < -0.39 is 23.9 Å². The van der Waals surface area contributed by atoms with Crippen LogP contribution in [0.3, 0.4) is 0 Å². The highest BCUT2D eigenvalue weighted by Crippen LogP contribution is 2.32. The van der Waals surface area contributed by atoms with Gasteiger partial charge in [0.25, 0.3) is 0 Å². The van der Waals surface area contributed by atoms with Crippen LogP contribution in [-0.4, -0.2) is 33.2 Å². The SMILES string of the molecule is Cc1nc(-c2onc(C)c2CNC(=O)OCc2ccccc2)ccc1NC(=O)[C@H]1CCCC[C@@H]1C(=O)O. The molecule has 0 spiro atoms. The number of ether oxygens (including phenoxy) is 1. The summed E-state index contributed by atoms with van der Waals surface area (Å²) in [5, 5.41) is 19.1. The van der Waals surface area contributed by atoms with Gasteiger partial charge in [0.2, 0.25) is 5.91 Å². The highest BCUT2D eigenvalue weighted by atomic mass is 16.5. The first-order valence-corrected chi connectivity index (χ1v) is 12.2. The highest BCUT2D eigenvalue weighted by Gasteiger charge is 2.36. The monoisotopic (exact) mass is 506 g/mol. The van der Waals surface area contributed by atoms with Crippen molar-refractivity contribution < 1.29 is 28.8 Å². The Morgan fingerprint density at radius 2 is 1.76 bits per heavy atom. The molecule has 1 aliphatic carbocycles. The molecule has 0 unspecified atom stereocenters. The maximum absolute atomic E-state index is 12.9. The largest absolute Gasteiger partial charge is 0.481 e. The second kappa shape index (κ2) is 11.7. The molecule has 10 heteroatoms. The lowest BCUT2D eigenvalue weighted by Crippen LogP contribution is -2.36. The lowest BCUT2D eigenvalue weighted by atomic mass is 9.78. The van der Waals surface area contributed by atoms with Crippen LogP contribution in [0.2, 0.25) is 0 Å². The molecule has 10 nitrogen and oxygen atoms in total. The Bertz CT molecular complexity index is 1270. The normalized spacial score (nSPS) is 17.1. The molecule has 0 bridgehead atoms. The average Bonchev–Trinajstić information content (AvgIpc) is 3.27. The van der Waals surface area contributed by atoms with Crippen LogP contribution >= 0.6 is 0 Å². The Labute approximate surface area is 214 Å². The van der Waals surface area contributed by atoms with Gasteiger partial charge in [-0.2, -0.15) is 0 Å². The standard InChI is InChI=1S/C27H30N4O6/c1-16-21(14-28-27(35)36-15-18-8-4-3-5-9-18)24(37-31-16)23-13-12-22(17(2)29-23)30-25(32)19-10-6-7-11-20(19)26(33)34/h3-5,8-9,12-13,19-20H,6-7,10-11,14-15H2,1-2H3,(H,28,35)(H,30,32)(H,33,34)/t19-,20-/m0/s1. The van der Waals surface area contributed by atoms with Crippen LogP contribution in [0.1, 0.15) is 48.2 Å². The van der Waals surface area contributed by atoms with Gasteiger partial charge in [-0.3, -0.25) is 9.59 Å². The summed E-state index contributed by atoms with van der Waals surface area (Å²) in [5.74, 6) is -2.08. The molecule has 194 valence electrons. The summed E-state index contributed by atoms with van der Waals surface area (Å²) < 4.78 is 10.8. The summed E-state index contributed by atoms with van der Waals surface area (Å²) in [5.41, 5.74) is 3.69. The fraction of sp³-hybridized carbons (Fsp3) is 0.370. The second-order valence-electron chi connectivity index (χ2n) is 9.15. The fourth-order valence-electron chi connectivity index (χ4n) is 4.52. The number of aliphatic carboxylic acids is 1. The van der Waals surface area contributed by atoms with Crippen LogP contribution in [-0.2, 0) is 27.5 Å². The molecule has 3 N–H and O–H groups in total. The minimum absolute atomic E-state index is 0.135. The maximum Gasteiger partial charge on any atom is 0.407 e. The molecule has 0 saturated heterocycles. The fourth-order valence-corrected chi connectivity index (χ4v) is 4.52. The van der Waals surface area contributed by atoms with Crippen LogP contribution in [0.4, 0.5) is 10.5 Å². The van der Waals surface area contributed by atoms with Gasteiger partial charge in [0.15, 0.2) is 5.76 Å². The van der Waals surface area contributed by atoms with Gasteiger partial charge in [-0.25, -0.2) is 9.78 Å². The van der Waals surface area contributed by atoms with Gasteiger partial charge in [-0.05, 0) is 44.4 Å². The average molecular weight is 507 g/mol. The first-order valence-electron chi connectivity index (χ1n) is 12.2. The van der Waals surface area contributed by atoms with E-state index in [4.69, 9.17) is 9.26 Å². The molecule has 3 aromatic rings. The van der Waals surface area contributed by atoms with Crippen LogP contribution in [0.25, 0.3) is 11.5 Å². The summed E-state index contributed by atoms with van der Waals surface area (Å²) in [4.78, 5) is 41.2. The molecule has 1 fully saturated rings. The molecule has 0 aliphatic heterocycles. The summed E-state index contributed by atoms with van der Waals surface area (Å²) >= 11 is 0. The molecule has 2 heterocycles. The number of carboxylic acid groups (broad SMARTS) is 1. The van der Waals surface area contributed by atoms with Gasteiger partial charge in [0.1, 0.15) is 12.3 Å². The molecule has 2 aromatic heterocycles. The summed E-state index contributed by atoms with van der Waals surface area (Å²) in [6.45, 7) is 3.81. The van der Waals surface area contributed by atoms with Crippen LogP contribution in [0, 0.1) is 25.7 Å². The number of nitrogens with zero attached hydrogens (tertiary/aromatic N) is 2. The Morgan fingerprint density at radius 3 is 2.46 bits per heavy atom. The molecule has 1 aromatic carbocycles. The Balaban J connectivity index is 1.41. The van der Waals surface area contributed by atoms with E-state index >= 15 is 0 Å². The minimum Gasteiger partial charge on any atom is -0.481 e. The number of carbonyl (C=O) groups is 3. The quantitative estimate of drug-likeness (QED) is 0.402. The number of hydrogen-bond acceptors (Lipinski definition) is 7. The van der Waals surface area contributed by atoms with E-state index in [0.29, 0.717) is 46.9 Å². The van der Waals surface area contributed by atoms with Crippen molar-refractivity contribution in [1.29, 1.82) is 0 Å². The smallest absolute Gasteiger partial charge is 0.407 e. The van der Waals surface area contributed by atoms with Crippen molar-refractivity contribution in [2.75, 3.05) is 5.32 Å². The molecule has 2 atom stereocenters. The number of pyridine rings is 1. The van der Waals surface area contributed by atoms with Gasteiger partial charge in [-0.15, -0.1) is 0 Å². The number of rotatable bonds is 8. The molecule has 0 radical (unpaired) electrons. The van der Waals surface area contributed by atoms with Gasteiger partial charge in [0.05, 0.1) is 35.5 Å². The zero-order chi connectivity index (χ0) is 26.4.